The van der Waals surface area contributed by atoms with Crippen molar-refractivity contribution in [2.24, 2.45) is 0 Å². The molecule has 0 amide bonds. The highest BCUT2D eigenvalue weighted by Gasteiger charge is 2.41. The second-order valence-corrected chi connectivity index (χ2v) is 10.4. The topological polar surface area (TPSA) is 52.6 Å². The molecule has 1 aliphatic rings. The molecule has 4 heteroatoms. The number of ether oxygens (including phenoxy) is 2. The molecule has 3 rings (SSSR count). The lowest BCUT2D eigenvalue weighted by Crippen LogP contribution is -2.17. The van der Waals surface area contributed by atoms with Gasteiger partial charge in [-0.05, 0) is 35.8 Å². The summed E-state index contributed by atoms with van der Waals surface area (Å²) in [6.45, 7) is 18.1. The molecule has 0 aliphatic carbocycles. The average molecular weight is 409 g/mol. The monoisotopic (exact) mass is 408 g/mol. The molecule has 1 unspecified atom stereocenters. The zero-order chi connectivity index (χ0) is 22.6. The summed E-state index contributed by atoms with van der Waals surface area (Å²) >= 11 is 0. The van der Waals surface area contributed by atoms with Gasteiger partial charge in [-0.3, -0.25) is 9.59 Å². The predicted molar refractivity (Wildman–Crippen MR) is 119 cm³/mol. The Labute approximate surface area is 179 Å². The number of carbonyl (C=O) groups excluding carboxylic acids is 2. The van der Waals surface area contributed by atoms with Gasteiger partial charge < -0.3 is 9.47 Å². The summed E-state index contributed by atoms with van der Waals surface area (Å²) in [5, 5.41) is 0. The highest BCUT2D eigenvalue weighted by molar-refractivity contribution is 5.91. The fourth-order valence-electron chi connectivity index (χ4n) is 4.04. The number of esters is 2. The number of rotatable bonds is 2. The Balaban J connectivity index is 2.33. The maximum atomic E-state index is 13.2. The minimum Gasteiger partial charge on any atom is -0.426 e. The van der Waals surface area contributed by atoms with Crippen LogP contribution in [0.1, 0.15) is 87.8 Å². The van der Waals surface area contributed by atoms with Crippen molar-refractivity contribution >= 4 is 11.9 Å². The average Bonchev–Trinajstić information content (AvgIpc) is 2.89. The summed E-state index contributed by atoms with van der Waals surface area (Å²) in [6.07, 6.45) is 0. The highest BCUT2D eigenvalue weighted by Crippen LogP contribution is 2.49. The zero-order valence-electron chi connectivity index (χ0n) is 19.5. The van der Waals surface area contributed by atoms with Crippen molar-refractivity contribution in [2.45, 2.75) is 79.1 Å². The summed E-state index contributed by atoms with van der Waals surface area (Å²) in [4.78, 5) is 24.9. The largest absolute Gasteiger partial charge is 0.426 e. The van der Waals surface area contributed by atoms with Gasteiger partial charge in [0.05, 0.1) is 0 Å². The molecule has 0 spiro atoms. The van der Waals surface area contributed by atoms with Gasteiger partial charge in [-0.2, -0.15) is 0 Å². The Morgan fingerprint density at radius 1 is 0.933 bits per heavy atom. The Morgan fingerprint density at radius 3 is 2.10 bits per heavy atom. The van der Waals surface area contributed by atoms with Crippen LogP contribution in [-0.4, -0.2) is 11.9 Å². The first-order valence-electron chi connectivity index (χ1n) is 10.4. The van der Waals surface area contributed by atoms with Gasteiger partial charge in [0.1, 0.15) is 17.4 Å². The van der Waals surface area contributed by atoms with Crippen LogP contribution in [-0.2, 0) is 20.4 Å². The zero-order valence-corrected chi connectivity index (χ0v) is 19.5. The molecule has 0 aromatic heterocycles. The molecule has 160 valence electrons. The van der Waals surface area contributed by atoms with Crippen LogP contribution in [0, 0.1) is 13.8 Å². The number of hydrogen-bond donors (Lipinski definition) is 0. The van der Waals surface area contributed by atoms with Gasteiger partial charge in [0.25, 0.3) is 0 Å². The summed E-state index contributed by atoms with van der Waals surface area (Å²) < 4.78 is 11.4. The molecule has 0 saturated carbocycles. The van der Waals surface area contributed by atoms with Crippen molar-refractivity contribution in [3.05, 3.63) is 57.6 Å². The third-order valence-corrected chi connectivity index (χ3v) is 5.55. The summed E-state index contributed by atoms with van der Waals surface area (Å²) in [7, 11) is 0. The molecule has 0 bridgehead atoms. The summed E-state index contributed by atoms with van der Waals surface area (Å²) in [5.74, 6) is -0.287. The van der Waals surface area contributed by atoms with Crippen LogP contribution in [0.4, 0.5) is 0 Å². The number of aryl methyl sites for hydroxylation is 2. The van der Waals surface area contributed by atoms with Crippen LogP contribution in [0.15, 0.2) is 24.3 Å². The fourth-order valence-corrected chi connectivity index (χ4v) is 4.04. The molecular weight excluding hydrogens is 376 g/mol. The van der Waals surface area contributed by atoms with Crippen molar-refractivity contribution < 1.29 is 19.1 Å². The minimum atomic E-state index is -0.628. The van der Waals surface area contributed by atoms with Gasteiger partial charge in [-0.1, -0.05) is 71.4 Å². The van der Waals surface area contributed by atoms with Gasteiger partial charge in [0, 0.05) is 23.6 Å². The SMILES string of the molecule is CC(=O)Oc1c(C)cc(C)cc1C1C(=O)Oc2c1cc(C(C)(C)C)cc2C(C)(C)C. The highest BCUT2D eigenvalue weighted by atomic mass is 16.5. The second-order valence-electron chi connectivity index (χ2n) is 10.4. The number of fused-ring (bicyclic) bond motifs is 1. The summed E-state index contributed by atoms with van der Waals surface area (Å²) in [6, 6.07) is 8.11. The molecule has 2 aromatic carbocycles. The van der Waals surface area contributed by atoms with Crippen LogP contribution in [0.2, 0.25) is 0 Å². The quantitative estimate of drug-likeness (QED) is 0.460. The lowest BCUT2D eigenvalue weighted by molar-refractivity contribution is -0.134. The van der Waals surface area contributed by atoms with E-state index >= 15 is 0 Å². The molecule has 0 fully saturated rings. The molecule has 4 nitrogen and oxygen atoms in total. The van der Waals surface area contributed by atoms with Crippen molar-refractivity contribution in [3.8, 4) is 11.5 Å². The fraction of sp³-hybridized carbons (Fsp3) is 0.462. The molecule has 1 heterocycles. The Kier molecular flexibility index (Phi) is 5.34. The van der Waals surface area contributed by atoms with Gasteiger partial charge in [0.15, 0.2) is 0 Å². The van der Waals surface area contributed by atoms with E-state index in [4.69, 9.17) is 9.47 Å². The van der Waals surface area contributed by atoms with Gasteiger partial charge in [-0.15, -0.1) is 0 Å². The Hall–Kier alpha value is -2.62. The number of benzene rings is 2. The lowest BCUT2D eigenvalue weighted by Gasteiger charge is -2.27. The number of hydrogen-bond acceptors (Lipinski definition) is 4. The Morgan fingerprint density at radius 2 is 1.57 bits per heavy atom. The van der Waals surface area contributed by atoms with E-state index in [0.717, 1.165) is 27.8 Å². The second kappa shape index (κ2) is 7.26. The van der Waals surface area contributed by atoms with E-state index in [1.165, 1.54) is 6.92 Å². The van der Waals surface area contributed by atoms with Gasteiger partial charge in [-0.25, -0.2) is 0 Å². The van der Waals surface area contributed by atoms with Gasteiger partial charge in [0.2, 0.25) is 0 Å². The van der Waals surface area contributed by atoms with E-state index in [1.54, 1.807) is 0 Å². The van der Waals surface area contributed by atoms with E-state index in [2.05, 4.69) is 53.7 Å². The van der Waals surface area contributed by atoms with E-state index in [1.807, 2.05) is 26.0 Å². The molecule has 1 aliphatic heterocycles. The van der Waals surface area contributed by atoms with E-state index in [9.17, 15) is 9.59 Å². The molecule has 2 aromatic rings. The molecule has 0 N–H and O–H groups in total. The normalized spacial score (nSPS) is 16.3. The molecule has 0 radical (unpaired) electrons. The first-order valence-corrected chi connectivity index (χ1v) is 10.4. The number of carbonyl (C=O) groups is 2. The smallest absolute Gasteiger partial charge is 0.323 e. The van der Waals surface area contributed by atoms with Crippen molar-refractivity contribution in [1.29, 1.82) is 0 Å². The van der Waals surface area contributed by atoms with Crippen molar-refractivity contribution in [1.82, 2.24) is 0 Å². The Bertz CT molecular complexity index is 1030. The maximum Gasteiger partial charge on any atom is 0.323 e. The molecule has 0 saturated heterocycles. The van der Waals surface area contributed by atoms with Gasteiger partial charge >= 0.3 is 11.9 Å². The van der Waals surface area contributed by atoms with E-state index in [-0.39, 0.29) is 16.8 Å². The predicted octanol–water partition coefficient (Wildman–Crippen LogP) is 5.87. The van der Waals surface area contributed by atoms with E-state index < -0.39 is 11.9 Å². The lowest BCUT2D eigenvalue weighted by atomic mass is 9.77. The molecule has 30 heavy (non-hydrogen) atoms. The van der Waals surface area contributed by atoms with Crippen molar-refractivity contribution in [2.75, 3.05) is 0 Å². The molecular formula is C26H32O4. The van der Waals surface area contributed by atoms with E-state index in [0.29, 0.717) is 17.1 Å². The maximum absolute atomic E-state index is 13.2. The first-order chi connectivity index (χ1) is 13.7. The van der Waals surface area contributed by atoms with Crippen LogP contribution >= 0.6 is 0 Å². The van der Waals surface area contributed by atoms with Crippen LogP contribution in [0.5, 0.6) is 11.5 Å². The first kappa shape index (κ1) is 22.1. The molecule has 1 atom stereocenters. The van der Waals surface area contributed by atoms with Crippen LogP contribution in [0.3, 0.4) is 0 Å². The van der Waals surface area contributed by atoms with Crippen LogP contribution < -0.4 is 9.47 Å². The third-order valence-electron chi connectivity index (χ3n) is 5.55. The summed E-state index contributed by atoms with van der Waals surface area (Å²) in [5.41, 5.74) is 5.22. The third kappa shape index (κ3) is 4.00. The minimum absolute atomic E-state index is 0.0908. The standard InChI is InChI=1S/C26H32O4/c1-14-10-15(2)22(29-16(3)27)18(11-14)21-19-12-17(25(4,5)6)13-20(26(7,8)9)23(19)30-24(21)28/h10-13,21H,1-9H3. The van der Waals surface area contributed by atoms with Crippen molar-refractivity contribution in [3.63, 3.8) is 0 Å². The van der Waals surface area contributed by atoms with Crippen LogP contribution in [0.25, 0.3) is 0 Å².